The molecule has 0 aliphatic carbocycles. The minimum absolute atomic E-state index is 0.402. The summed E-state index contributed by atoms with van der Waals surface area (Å²) in [4.78, 5) is 2.48. The molecule has 0 fully saturated rings. The molecule has 3 heteroatoms. The van der Waals surface area contributed by atoms with Crippen molar-refractivity contribution in [1.82, 2.24) is 5.32 Å². The molecule has 0 saturated heterocycles. The van der Waals surface area contributed by atoms with Crippen molar-refractivity contribution < 1.29 is 0 Å². The number of nitrogens with zero attached hydrogens (tertiary/aromatic N) is 2. The molecule has 1 aromatic rings. The Morgan fingerprint density at radius 3 is 2.90 bits per heavy atom. The number of nitrogens with one attached hydrogen (secondary N) is 1. The number of para-hydroxylation sites is 1. The van der Waals surface area contributed by atoms with Crippen molar-refractivity contribution in [3.05, 3.63) is 29.8 Å². The normalized spacial score (nSPS) is 20.9. The van der Waals surface area contributed by atoms with E-state index in [4.69, 9.17) is 0 Å². The molecule has 1 aromatic carbocycles. The molecule has 1 heterocycles. The van der Waals surface area contributed by atoms with Crippen molar-refractivity contribution in [2.45, 2.75) is 38.6 Å². The number of fused-ring (bicyclic) bond motifs is 1. The van der Waals surface area contributed by atoms with Crippen LogP contribution in [0.15, 0.2) is 24.3 Å². The highest BCUT2D eigenvalue weighted by molar-refractivity contribution is 5.55. The molecule has 108 valence electrons. The van der Waals surface area contributed by atoms with E-state index < -0.39 is 5.54 Å². The highest BCUT2D eigenvalue weighted by atomic mass is 15.1. The van der Waals surface area contributed by atoms with Gasteiger partial charge in [-0.3, -0.25) is 0 Å². The maximum absolute atomic E-state index is 9.20. The first-order chi connectivity index (χ1) is 9.58. The molecule has 0 radical (unpaired) electrons. The van der Waals surface area contributed by atoms with Gasteiger partial charge in [-0.05, 0) is 50.8 Å². The Kier molecular flexibility index (Phi) is 4.67. The van der Waals surface area contributed by atoms with Crippen LogP contribution in [0.3, 0.4) is 0 Å². The second kappa shape index (κ2) is 6.28. The van der Waals surface area contributed by atoms with Crippen LogP contribution in [0, 0.1) is 17.2 Å². The lowest BCUT2D eigenvalue weighted by Gasteiger charge is -2.35. The molecule has 2 rings (SSSR count). The predicted octanol–water partition coefficient (Wildman–Crippen LogP) is 2.97. The molecule has 2 unspecified atom stereocenters. The molecule has 0 aromatic heterocycles. The van der Waals surface area contributed by atoms with E-state index >= 15 is 0 Å². The minimum Gasteiger partial charge on any atom is -0.371 e. The fraction of sp³-hybridized carbons (Fsp3) is 0.588. The van der Waals surface area contributed by atoms with Crippen LogP contribution < -0.4 is 10.2 Å². The molecule has 1 N–H and O–H groups in total. The third-order valence-corrected chi connectivity index (χ3v) is 4.34. The van der Waals surface area contributed by atoms with E-state index in [1.54, 1.807) is 0 Å². The molecule has 1 aliphatic rings. The fourth-order valence-electron chi connectivity index (χ4n) is 2.98. The summed E-state index contributed by atoms with van der Waals surface area (Å²) in [5.74, 6) is 0.705. The highest BCUT2D eigenvalue weighted by Crippen LogP contribution is 2.29. The van der Waals surface area contributed by atoms with Gasteiger partial charge in [0.1, 0.15) is 5.54 Å². The zero-order valence-electron chi connectivity index (χ0n) is 12.8. The Morgan fingerprint density at radius 1 is 1.45 bits per heavy atom. The van der Waals surface area contributed by atoms with Crippen LogP contribution >= 0.6 is 0 Å². The quantitative estimate of drug-likeness (QED) is 0.895. The van der Waals surface area contributed by atoms with E-state index in [9.17, 15) is 5.26 Å². The highest BCUT2D eigenvalue weighted by Gasteiger charge is 2.24. The molecule has 3 nitrogen and oxygen atoms in total. The van der Waals surface area contributed by atoms with Crippen LogP contribution in [0.4, 0.5) is 5.69 Å². The van der Waals surface area contributed by atoms with E-state index in [2.05, 4.69) is 47.5 Å². The Labute approximate surface area is 122 Å². The topological polar surface area (TPSA) is 39.1 Å². The van der Waals surface area contributed by atoms with E-state index in [-0.39, 0.29) is 0 Å². The molecular formula is C17H25N3. The first-order valence-corrected chi connectivity index (χ1v) is 7.51. The summed E-state index contributed by atoms with van der Waals surface area (Å²) in [6.45, 7) is 6.44. The summed E-state index contributed by atoms with van der Waals surface area (Å²) in [6, 6.07) is 11.1. The number of hydrogen-bond acceptors (Lipinski definition) is 3. The second-order valence-electron chi connectivity index (χ2n) is 6.18. The largest absolute Gasteiger partial charge is 0.371 e. The number of rotatable bonds is 5. The van der Waals surface area contributed by atoms with Crippen LogP contribution in [-0.4, -0.2) is 25.7 Å². The molecule has 0 saturated carbocycles. The maximum Gasteiger partial charge on any atom is 0.103 e. The standard InChI is InChI=1S/C17H25N3/c1-14-11-15-7-4-5-8-16(15)20(12-14)10-6-9-17(2,13-18)19-3/h4-5,7-8,14,19H,6,9-12H2,1-3H3. The van der Waals surface area contributed by atoms with Gasteiger partial charge in [0.05, 0.1) is 6.07 Å². The van der Waals surface area contributed by atoms with Gasteiger partial charge in [-0.15, -0.1) is 0 Å². The third kappa shape index (κ3) is 3.32. The zero-order valence-corrected chi connectivity index (χ0v) is 12.8. The van der Waals surface area contributed by atoms with E-state index in [1.165, 1.54) is 17.7 Å². The third-order valence-electron chi connectivity index (χ3n) is 4.34. The van der Waals surface area contributed by atoms with Crippen molar-refractivity contribution in [1.29, 1.82) is 5.26 Å². The van der Waals surface area contributed by atoms with Gasteiger partial charge < -0.3 is 10.2 Å². The van der Waals surface area contributed by atoms with Gasteiger partial charge in [0.2, 0.25) is 0 Å². The van der Waals surface area contributed by atoms with E-state index in [0.29, 0.717) is 5.92 Å². The molecule has 0 spiro atoms. The number of anilines is 1. The smallest absolute Gasteiger partial charge is 0.103 e. The predicted molar refractivity (Wildman–Crippen MR) is 83.8 cm³/mol. The number of nitriles is 1. The minimum atomic E-state index is -0.402. The lowest BCUT2D eigenvalue weighted by atomic mass is 9.93. The van der Waals surface area contributed by atoms with Gasteiger partial charge in [0, 0.05) is 18.8 Å². The van der Waals surface area contributed by atoms with Crippen LogP contribution in [0.1, 0.15) is 32.3 Å². The average Bonchev–Trinajstić information content (AvgIpc) is 2.46. The van der Waals surface area contributed by atoms with Crippen LogP contribution in [0.2, 0.25) is 0 Å². The van der Waals surface area contributed by atoms with Gasteiger partial charge in [-0.25, -0.2) is 0 Å². The Hall–Kier alpha value is -1.53. The Morgan fingerprint density at radius 2 is 2.20 bits per heavy atom. The van der Waals surface area contributed by atoms with Crippen molar-refractivity contribution >= 4 is 5.69 Å². The molecule has 2 atom stereocenters. The van der Waals surface area contributed by atoms with Crippen LogP contribution in [0.25, 0.3) is 0 Å². The monoisotopic (exact) mass is 271 g/mol. The van der Waals surface area contributed by atoms with Gasteiger partial charge in [-0.1, -0.05) is 25.1 Å². The number of hydrogen-bond donors (Lipinski definition) is 1. The van der Waals surface area contributed by atoms with Crippen molar-refractivity contribution in [2.75, 3.05) is 25.0 Å². The first kappa shape index (κ1) is 14.9. The summed E-state index contributed by atoms with van der Waals surface area (Å²) in [5, 5.41) is 12.3. The van der Waals surface area contributed by atoms with Gasteiger partial charge in [0.15, 0.2) is 0 Å². The lowest BCUT2D eigenvalue weighted by Crippen LogP contribution is -2.40. The SMILES string of the molecule is CNC(C)(C#N)CCCN1CC(C)Cc2ccccc21. The first-order valence-electron chi connectivity index (χ1n) is 7.51. The van der Waals surface area contributed by atoms with Gasteiger partial charge in [0.25, 0.3) is 0 Å². The molecule has 0 amide bonds. The van der Waals surface area contributed by atoms with Gasteiger partial charge in [-0.2, -0.15) is 5.26 Å². The summed E-state index contributed by atoms with van der Waals surface area (Å²) >= 11 is 0. The Balaban J connectivity index is 1.99. The van der Waals surface area contributed by atoms with Crippen molar-refractivity contribution in [2.24, 2.45) is 5.92 Å². The second-order valence-corrected chi connectivity index (χ2v) is 6.18. The summed E-state index contributed by atoms with van der Waals surface area (Å²) in [7, 11) is 1.86. The zero-order chi connectivity index (χ0) is 14.6. The molecule has 1 aliphatic heterocycles. The van der Waals surface area contributed by atoms with E-state index in [0.717, 1.165) is 25.9 Å². The van der Waals surface area contributed by atoms with Gasteiger partial charge >= 0.3 is 0 Å². The molecule has 20 heavy (non-hydrogen) atoms. The molecule has 0 bridgehead atoms. The summed E-state index contributed by atoms with van der Waals surface area (Å²) in [6.07, 6.45) is 3.10. The Bertz CT molecular complexity index is 491. The van der Waals surface area contributed by atoms with Crippen LogP contribution in [0.5, 0.6) is 0 Å². The summed E-state index contributed by atoms with van der Waals surface area (Å²) < 4.78 is 0. The molecular weight excluding hydrogens is 246 g/mol. The van der Waals surface area contributed by atoms with Crippen LogP contribution in [-0.2, 0) is 6.42 Å². The number of benzene rings is 1. The fourth-order valence-corrected chi connectivity index (χ4v) is 2.98. The van der Waals surface area contributed by atoms with Crippen molar-refractivity contribution in [3.8, 4) is 6.07 Å². The summed E-state index contributed by atoms with van der Waals surface area (Å²) in [5.41, 5.74) is 2.44. The van der Waals surface area contributed by atoms with E-state index in [1.807, 2.05) is 14.0 Å². The van der Waals surface area contributed by atoms with Crippen molar-refractivity contribution in [3.63, 3.8) is 0 Å². The average molecular weight is 271 g/mol. The lowest BCUT2D eigenvalue weighted by molar-refractivity contribution is 0.433. The maximum atomic E-state index is 9.20.